The molecular weight excluding hydrogens is 170 g/mol. The molecule has 0 saturated carbocycles. The van der Waals surface area contributed by atoms with E-state index < -0.39 is 6.09 Å². The van der Waals surface area contributed by atoms with Crippen LogP contribution in [0.4, 0.5) is 4.79 Å². The molecule has 0 aliphatic rings. The van der Waals surface area contributed by atoms with Crippen LogP contribution in [-0.4, -0.2) is 18.8 Å². The van der Waals surface area contributed by atoms with Crippen LogP contribution in [0.25, 0.3) is 0 Å². The van der Waals surface area contributed by atoms with E-state index in [1.807, 2.05) is 13.0 Å². The van der Waals surface area contributed by atoms with Gasteiger partial charge in [-0.3, -0.25) is 4.84 Å². The summed E-state index contributed by atoms with van der Waals surface area (Å²) in [5.74, 6) is 0. The van der Waals surface area contributed by atoms with Crippen LogP contribution in [0.3, 0.4) is 0 Å². The number of carbonyl (C=O) groups is 1. The minimum absolute atomic E-state index is 0.0255. The normalized spacial score (nSPS) is 11.8. The fraction of sp³-hybridized carbons (Fsp3) is 0.667. The van der Waals surface area contributed by atoms with E-state index in [9.17, 15) is 4.79 Å². The lowest BCUT2D eigenvalue weighted by atomic mass is 10.2. The van der Waals surface area contributed by atoms with Gasteiger partial charge in [-0.1, -0.05) is 6.08 Å². The Bertz CT molecular complexity index is 159. The molecule has 0 spiro atoms. The van der Waals surface area contributed by atoms with Gasteiger partial charge in [0.2, 0.25) is 0 Å². The minimum Gasteiger partial charge on any atom is -0.448 e. The average molecular weight is 187 g/mol. The summed E-state index contributed by atoms with van der Waals surface area (Å²) in [6, 6.07) is 0. The third-order valence-electron chi connectivity index (χ3n) is 1.40. The Kier molecular flexibility index (Phi) is 7.01. The summed E-state index contributed by atoms with van der Waals surface area (Å²) in [5, 5.41) is 0. The van der Waals surface area contributed by atoms with E-state index in [0.717, 1.165) is 12.8 Å². The van der Waals surface area contributed by atoms with Crippen LogP contribution in [0.2, 0.25) is 0 Å². The third kappa shape index (κ3) is 7.33. The number of hydrogen-bond acceptors (Lipinski definition) is 3. The highest BCUT2D eigenvalue weighted by Gasteiger charge is 2.04. The average Bonchev–Trinajstić information content (AvgIpc) is 2.12. The topological polar surface area (TPSA) is 47.6 Å². The molecule has 13 heavy (non-hydrogen) atoms. The monoisotopic (exact) mass is 187 g/mol. The molecule has 4 heteroatoms. The number of carbonyl (C=O) groups excluding carboxylic acids is 1. The fourth-order valence-electron chi connectivity index (χ4n) is 0.721. The quantitative estimate of drug-likeness (QED) is 0.511. The second kappa shape index (κ2) is 7.61. The lowest BCUT2D eigenvalue weighted by Gasteiger charge is -2.11. The predicted octanol–water partition coefficient (Wildman–Crippen LogP) is 2.02. The number of allylic oxidation sites excluding steroid dienone is 1. The Morgan fingerprint density at radius 3 is 2.92 bits per heavy atom. The molecule has 0 fully saturated rings. The van der Waals surface area contributed by atoms with E-state index in [1.54, 1.807) is 6.92 Å². The predicted molar refractivity (Wildman–Crippen MR) is 50.1 cm³/mol. The number of nitrogens with one attached hydrogen (secondary N) is 1. The van der Waals surface area contributed by atoms with Crippen molar-refractivity contribution in [2.45, 2.75) is 32.8 Å². The summed E-state index contributed by atoms with van der Waals surface area (Å²) >= 11 is 0. The van der Waals surface area contributed by atoms with Crippen LogP contribution in [0.1, 0.15) is 26.7 Å². The molecule has 1 amide bonds. The Labute approximate surface area is 78.9 Å². The van der Waals surface area contributed by atoms with Gasteiger partial charge in [-0.05, 0) is 26.7 Å². The van der Waals surface area contributed by atoms with Crippen LogP contribution < -0.4 is 5.48 Å². The number of hydroxylamine groups is 1. The fourth-order valence-corrected chi connectivity index (χ4v) is 0.721. The van der Waals surface area contributed by atoms with Crippen LogP contribution in [0.15, 0.2) is 12.7 Å². The van der Waals surface area contributed by atoms with Crippen LogP contribution in [-0.2, 0) is 9.57 Å². The molecule has 0 aliphatic heterocycles. The molecule has 0 aromatic heterocycles. The van der Waals surface area contributed by atoms with Crippen molar-refractivity contribution in [3.8, 4) is 0 Å². The second-order valence-electron chi connectivity index (χ2n) is 2.62. The molecule has 0 aromatic carbocycles. The molecule has 1 unspecified atom stereocenters. The van der Waals surface area contributed by atoms with Crippen molar-refractivity contribution in [1.29, 1.82) is 0 Å². The molecule has 76 valence electrons. The van der Waals surface area contributed by atoms with Crippen molar-refractivity contribution in [3.05, 3.63) is 12.7 Å². The lowest BCUT2D eigenvalue weighted by molar-refractivity contribution is -0.0171. The molecule has 0 aromatic rings. The van der Waals surface area contributed by atoms with Gasteiger partial charge in [-0.25, -0.2) is 4.79 Å². The summed E-state index contributed by atoms with van der Waals surface area (Å²) in [5.41, 5.74) is 2.20. The van der Waals surface area contributed by atoms with Gasteiger partial charge in [0.05, 0.1) is 12.7 Å². The molecule has 0 bridgehead atoms. The van der Waals surface area contributed by atoms with Crippen molar-refractivity contribution < 1.29 is 14.4 Å². The van der Waals surface area contributed by atoms with E-state index in [1.165, 1.54) is 0 Å². The molecule has 0 radical (unpaired) electrons. The van der Waals surface area contributed by atoms with Crippen molar-refractivity contribution >= 4 is 6.09 Å². The smallest absolute Gasteiger partial charge is 0.431 e. The number of ether oxygens (including phenoxy) is 1. The molecule has 1 atom stereocenters. The molecule has 0 saturated heterocycles. The van der Waals surface area contributed by atoms with Crippen LogP contribution in [0, 0.1) is 0 Å². The lowest BCUT2D eigenvalue weighted by Crippen LogP contribution is -2.28. The first-order valence-corrected chi connectivity index (χ1v) is 4.40. The maximum absolute atomic E-state index is 10.7. The summed E-state index contributed by atoms with van der Waals surface area (Å²) in [6.07, 6.45) is 2.93. The second-order valence-corrected chi connectivity index (χ2v) is 2.62. The third-order valence-corrected chi connectivity index (χ3v) is 1.40. The number of rotatable bonds is 6. The van der Waals surface area contributed by atoms with Gasteiger partial charge in [0.1, 0.15) is 0 Å². The van der Waals surface area contributed by atoms with Crippen molar-refractivity contribution in [1.82, 2.24) is 5.48 Å². The largest absolute Gasteiger partial charge is 0.448 e. The maximum atomic E-state index is 10.7. The highest BCUT2D eigenvalue weighted by Crippen LogP contribution is 1.99. The van der Waals surface area contributed by atoms with E-state index in [-0.39, 0.29) is 6.10 Å². The first kappa shape index (κ1) is 12.0. The summed E-state index contributed by atoms with van der Waals surface area (Å²) in [6.45, 7) is 7.54. The molecule has 0 heterocycles. The first-order valence-electron chi connectivity index (χ1n) is 4.40. The highest BCUT2D eigenvalue weighted by molar-refractivity contribution is 5.65. The standard InChI is InChI=1S/C9H17NO3/c1-4-6-7-8(3)13-10-9(11)12-5-2/h4,8H,1,5-7H2,2-3H3,(H,10,11). The Balaban J connectivity index is 3.39. The summed E-state index contributed by atoms with van der Waals surface area (Å²) < 4.78 is 4.60. The maximum Gasteiger partial charge on any atom is 0.431 e. The van der Waals surface area contributed by atoms with Crippen molar-refractivity contribution in [2.75, 3.05) is 6.61 Å². The number of hydrogen-bond donors (Lipinski definition) is 1. The summed E-state index contributed by atoms with van der Waals surface area (Å²) in [7, 11) is 0. The van der Waals surface area contributed by atoms with Crippen LogP contribution in [0.5, 0.6) is 0 Å². The first-order chi connectivity index (χ1) is 6.20. The zero-order chi connectivity index (χ0) is 10.1. The zero-order valence-electron chi connectivity index (χ0n) is 8.21. The van der Waals surface area contributed by atoms with Gasteiger partial charge >= 0.3 is 6.09 Å². The SMILES string of the molecule is C=CCCC(C)ONC(=O)OCC. The van der Waals surface area contributed by atoms with Gasteiger partial charge < -0.3 is 4.74 Å². The van der Waals surface area contributed by atoms with E-state index in [2.05, 4.69) is 16.8 Å². The van der Waals surface area contributed by atoms with E-state index in [4.69, 9.17) is 4.84 Å². The van der Waals surface area contributed by atoms with Gasteiger partial charge in [-0.2, -0.15) is 5.48 Å². The van der Waals surface area contributed by atoms with Gasteiger partial charge in [-0.15, -0.1) is 6.58 Å². The minimum atomic E-state index is -0.548. The van der Waals surface area contributed by atoms with Gasteiger partial charge in [0, 0.05) is 0 Å². The molecule has 0 rings (SSSR count). The Morgan fingerprint density at radius 1 is 1.69 bits per heavy atom. The highest BCUT2D eigenvalue weighted by atomic mass is 16.7. The Morgan fingerprint density at radius 2 is 2.38 bits per heavy atom. The molecule has 1 N–H and O–H groups in total. The van der Waals surface area contributed by atoms with E-state index >= 15 is 0 Å². The number of amides is 1. The molecule has 4 nitrogen and oxygen atoms in total. The van der Waals surface area contributed by atoms with Gasteiger partial charge in [0.15, 0.2) is 0 Å². The van der Waals surface area contributed by atoms with Crippen molar-refractivity contribution in [2.24, 2.45) is 0 Å². The van der Waals surface area contributed by atoms with Gasteiger partial charge in [0.25, 0.3) is 0 Å². The molecule has 0 aliphatic carbocycles. The van der Waals surface area contributed by atoms with E-state index in [0.29, 0.717) is 6.61 Å². The van der Waals surface area contributed by atoms with Crippen molar-refractivity contribution in [3.63, 3.8) is 0 Å². The van der Waals surface area contributed by atoms with Crippen LogP contribution >= 0.6 is 0 Å². The molecular formula is C9H17NO3. The summed E-state index contributed by atoms with van der Waals surface area (Å²) in [4.78, 5) is 15.7. The zero-order valence-corrected chi connectivity index (χ0v) is 8.21. The Hall–Kier alpha value is -1.03.